The highest BCUT2D eigenvalue weighted by Crippen LogP contribution is 2.40. The zero-order valence-electron chi connectivity index (χ0n) is 24.2. The number of aryl methyl sites for hydroxylation is 1. The van der Waals surface area contributed by atoms with Crippen molar-refractivity contribution in [3.63, 3.8) is 0 Å². The molecule has 0 bridgehead atoms. The van der Waals surface area contributed by atoms with Crippen LogP contribution in [0.3, 0.4) is 0 Å². The van der Waals surface area contributed by atoms with Crippen molar-refractivity contribution in [3.8, 4) is 5.75 Å². The van der Waals surface area contributed by atoms with E-state index in [2.05, 4.69) is 53.8 Å². The van der Waals surface area contributed by atoms with E-state index in [0.717, 1.165) is 29.5 Å². The molecule has 0 aliphatic heterocycles. The third-order valence-electron chi connectivity index (χ3n) is 6.60. The Morgan fingerprint density at radius 3 is 1.81 bits per heavy atom. The largest absolute Gasteiger partial charge is 0.507 e. The Kier molecular flexibility index (Phi) is 14.2. The first-order valence-electron chi connectivity index (χ1n) is 14.2. The number of aromatic hydroxyl groups is 1. The average molecular weight is 504 g/mol. The number of phenols is 1. The second-order valence-electron chi connectivity index (χ2n) is 12.2. The van der Waals surface area contributed by atoms with Gasteiger partial charge in [0.25, 0.3) is 0 Å². The second kappa shape index (κ2) is 15.9. The Bertz CT molecular complexity index is 767. The lowest BCUT2D eigenvalue weighted by Crippen LogP contribution is -2.28. The standard InChI is InChI=1S/C31H53NO4/c1-8-9-10-11-12-13-14-15-16-17-28(34)36-21-20-32-27(33)19-18-24-22-25(30(2,3)4)29(35)26(23-24)31(5,6)7/h22-23,35H,8-21H2,1-7H3,(H,32,33). The Morgan fingerprint density at radius 2 is 1.31 bits per heavy atom. The van der Waals surface area contributed by atoms with Crippen LogP contribution >= 0.6 is 0 Å². The molecule has 2 N–H and O–H groups in total. The number of carbonyl (C=O) groups excluding carboxylic acids is 2. The van der Waals surface area contributed by atoms with Gasteiger partial charge >= 0.3 is 5.97 Å². The highest BCUT2D eigenvalue weighted by atomic mass is 16.5. The number of ether oxygens (including phenoxy) is 1. The molecule has 0 unspecified atom stereocenters. The predicted octanol–water partition coefficient (Wildman–Crippen LogP) is 7.50. The number of phenolic OH excluding ortho intramolecular Hbond substituents is 1. The Morgan fingerprint density at radius 1 is 0.806 bits per heavy atom. The van der Waals surface area contributed by atoms with E-state index in [4.69, 9.17) is 4.74 Å². The van der Waals surface area contributed by atoms with Crippen molar-refractivity contribution >= 4 is 11.9 Å². The van der Waals surface area contributed by atoms with E-state index in [1.165, 1.54) is 44.9 Å². The maximum Gasteiger partial charge on any atom is 0.305 e. The molecular weight excluding hydrogens is 450 g/mol. The first kappa shape index (κ1) is 32.0. The summed E-state index contributed by atoms with van der Waals surface area (Å²) >= 11 is 0. The smallest absolute Gasteiger partial charge is 0.305 e. The monoisotopic (exact) mass is 503 g/mol. The van der Waals surface area contributed by atoms with Crippen molar-refractivity contribution in [2.45, 2.75) is 136 Å². The van der Waals surface area contributed by atoms with Gasteiger partial charge in [-0.05, 0) is 40.4 Å². The van der Waals surface area contributed by atoms with Crippen LogP contribution in [0.5, 0.6) is 5.75 Å². The molecule has 36 heavy (non-hydrogen) atoms. The molecule has 0 radical (unpaired) electrons. The molecule has 1 aromatic rings. The van der Waals surface area contributed by atoms with Gasteiger partial charge in [-0.1, -0.05) is 112 Å². The topological polar surface area (TPSA) is 75.6 Å². The zero-order valence-corrected chi connectivity index (χ0v) is 24.2. The van der Waals surface area contributed by atoms with Gasteiger partial charge in [0, 0.05) is 12.8 Å². The lowest BCUT2D eigenvalue weighted by atomic mass is 9.78. The molecular formula is C31H53NO4. The van der Waals surface area contributed by atoms with Gasteiger partial charge in [0.05, 0.1) is 6.54 Å². The molecule has 0 aromatic heterocycles. The van der Waals surface area contributed by atoms with Crippen molar-refractivity contribution in [1.29, 1.82) is 0 Å². The lowest BCUT2D eigenvalue weighted by molar-refractivity contribution is -0.144. The van der Waals surface area contributed by atoms with Crippen LogP contribution < -0.4 is 5.32 Å². The SMILES string of the molecule is CCCCCCCCCCCC(=O)OCCNC(=O)CCc1cc(C(C)(C)C)c(O)c(C(C)(C)C)c1. The third-order valence-corrected chi connectivity index (χ3v) is 6.60. The maximum atomic E-state index is 12.3. The zero-order chi connectivity index (χ0) is 27.2. The van der Waals surface area contributed by atoms with Crippen LogP contribution in [0, 0.1) is 0 Å². The average Bonchev–Trinajstić information content (AvgIpc) is 2.78. The summed E-state index contributed by atoms with van der Waals surface area (Å²) in [5, 5.41) is 13.7. The van der Waals surface area contributed by atoms with Gasteiger partial charge in [-0.2, -0.15) is 0 Å². The van der Waals surface area contributed by atoms with E-state index < -0.39 is 0 Å². The molecule has 0 spiro atoms. The fourth-order valence-corrected chi connectivity index (χ4v) is 4.34. The van der Waals surface area contributed by atoms with Crippen LogP contribution in [0.4, 0.5) is 0 Å². The van der Waals surface area contributed by atoms with Gasteiger partial charge in [0.1, 0.15) is 12.4 Å². The minimum atomic E-state index is -0.194. The van der Waals surface area contributed by atoms with Crippen LogP contribution in [0.2, 0.25) is 0 Å². The van der Waals surface area contributed by atoms with Crippen LogP contribution in [-0.4, -0.2) is 30.1 Å². The van der Waals surface area contributed by atoms with E-state index in [0.29, 0.717) is 31.6 Å². The van der Waals surface area contributed by atoms with Gasteiger partial charge in [-0.3, -0.25) is 9.59 Å². The van der Waals surface area contributed by atoms with Crippen LogP contribution in [-0.2, 0) is 31.6 Å². The molecule has 5 nitrogen and oxygen atoms in total. The van der Waals surface area contributed by atoms with Gasteiger partial charge in [-0.15, -0.1) is 0 Å². The minimum absolute atomic E-state index is 0.0623. The molecule has 0 heterocycles. The quantitative estimate of drug-likeness (QED) is 0.181. The number of nitrogens with one attached hydrogen (secondary N) is 1. The van der Waals surface area contributed by atoms with E-state index in [-0.39, 0.29) is 29.3 Å². The molecule has 0 aliphatic rings. The second-order valence-corrected chi connectivity index (χ2v) is 12.2. The van der Waals surface area contributed by atoms with E-state index >= 15 is 0 Å². The summed E-state index contributed by atoms with van der Waals surface area (Å²) in [7, 11) is 0. The van der Waals surface area contributed by atoms with Gasteiger partial charge in [-0.25, -0.2) is 0 Å². The molecule has 0 saturated carbocycles. The van der Waals surface area contributed by atoms with Crippen molar-refractivity contribution in [1.82, 2.24) is 5.32 Å². The number of benzene rings is 1. The van der Waals surface area contributed by atoms with Crippen molar-refractivity contribution < 1.29 is 19.4 Å². The fraction of sp³-hybridized carbons (Fsp3) is 0.742. The summed E-state index contributed by atoms with van der Waals surface area (Å²) < 4.78 is 5.27. The maximum absolute atomic E-state index is 12.3. The Hall–Kier alpha value is -2.04. The normalized spacial score (nSPS) is 12.0. The molecule has 0 fully saturated rings. The summed E-state index contributed by atoms with van der Waals surface area (Å²) in [5.41, 5.74) is 2.47. The van der Waals surface area contributed by atoms with Crippen molar-refractivity contribution in [2.24, 2.45) is 0 Å². The van der Waals surface area contributed by atoms with E-state index in [9.17, 15) is 14.7 Å². The third kappa shape index (κ3) is 12.8. The molecule has 1 aromatic carbocycles. The van der Waals surface area contributed by atoms with Gasteiger partial charge < -0.3 is 15.2 Å². The van der Waals surface area contributed by atoms with Crippen LogP contribution in [0.15, 0.2) is 12.1 Å². The first-order chi connectivity index (χ1) is 16.9. The molecule has 206 valence electrons. The number of esters is 1. The Labute approximate surface area is 220 Å². The number of hydrogen-bond acceptors (Lipinski definition) is 4. The summed E-state index contributed by atoms with van der Waals surface area (Å²) in [5.74, 6) is 0.112. The summed E-state index contributed by atoms with van der Waals surface area (Å²) in [4.78, 5) is 24.2. The fourth-order valence-electron chi connectivity index (χ4n) is 4.34. The highest BCUT2D eigenvalue weighted by Gasteiger charge is 2.26. The molecule has 5 heteroatoms. The van der Waals surface area contributed by atoms with Gasteiger partial charge in [0.15, 0.2) is 0 Å². The number of rotatable bonds is 16. The summed E-state index contributed by atoms with van der Waals surface area (Å²) in [6, 6.07) is 4.04. The summed E-state index contributed by atoms with van der Waals surface area (Å²) in [6.07, 6.45) is 12.4. The lowest BCUT2D eigenvalue weighted by Gasteiger charge is -2.28. The number of unbranched alkanes of at least 4 members (excludes halogenated alkanes) is 8. The van der Waals surface area contributed by atoms with Crippen LogP contribution in [0.25, 0.3) is 0 Å². The predicted molar refractivity (Wildman–Crippen MR) is 150 cm³/mol. The molecule has 1 amide bonds. The Balaban J connectivity index is 2.31. The number of carbonyl (C=O) groups is 2. The van der Waals surface area contributed by atoms with Gasteiger partial charge in [0.2, 0.25) is 5.91 Å². The van der Waals surface area contributed by atoms with E-state index in [1.54, 1.807) is 0 Å². The van der Waals surface area contributed by atoms with Crippen molar-refractivity contribution in [3.05, 3.63) is 28.8 Å². The van der Waals surface area contributed by atoms with Crippen molar-refractivity contribution in [2.75, 3.05) is 13.2 Å². The number of hydrogen-bond donors (Lipinski definition) is 2. The van der Waals surface area contributed by atoms with Crippen LogP contribution in [0.1, 0.15) is 136 Å². The molecule has 0 aliphatic carbocycles. The molecule has 0 atom stereocenters. The highest BCUT2D eigenvalue weighted by molar-refractivity contribution is 5.76. The molecule has 1 rings (SSSR count). The summed E-state index contributed by atoms with van der Waals surface area (Å²) in [6.45, 7) is 15.3. The minimum Gasteiger partial charge on any atom is -0.507 e. The number of amides is 1. The molecule has 0 saturated heterocycles. The van der Waals surface area contributed by atoms with E-state index in [1.807, 2.05) is 12.1 Å². The first-order valence-corrected chi connectivity index (χ1v) is 14.2.